The van der Waals surface area contributed by atoms with Gasteiger partial charge in [0.15, 0.2) is 5.78 Å². The van der Waals surface area contributed by atoms with Crippen LogP contribution in [-0.4, -0.2) is 21.6 Å². The van der Waals surface area contributed by atoms with Crippen molar-refractivity contribution in [3.05, 3.63) is 64.0 Å². The van der Waals surface area contributed by atoms with E-state index in [4.69, 9.17) is 0 Å². The summed E-state index contributed by atoms with van der Waals surface area (Å²) in [6.07, 6.45) is 2.90. The summed E-state index contributed by atoms with van der Waals surface area (Å²) in [6, 6.07) is 8.27. The van der Waals surface area contributed by atoms with E-state index in [9.17, 15) is 9.90 Å². The molecule has 1 aliphatic rings. The highest BCUT2D eigenvalue weighted by Crippen LogP contribution is 2.44. The zero-order valence-corrected chi connectivity index (χ0v) is 19.1. The highest BCUT2D eigenvalue weighted by atomic mass is 32.2. The maximum atomic E-state index is 13.1. The number of nitrogens with zero attached hydrogens (tertiary/aromatic N) is 1. The maximum Gasteiger partial charge on any atom is 0.167 e. The molecule has 3 nitrogen and oxygen atoms in total. The van der Waals surface area contributed by atoms with E-state index in [1.54, 1.807) is 11.8 Å². The maximum absolute atomic E-state index is 13.1. The second-order valence-corrected chi connectivity index (χ2v) is 10.1. The number of aromatic nitrogens is 1. The van der Waals surface area contributed by atoms with Crippen LogP contribution in [0.15, 0.2) is 41.2 Å². The fourth-order valence-electron chi connectivity index (χ4n) is 4.22. The van der Waals surface area contributed by atoms with Crippen LogP contribution >= 0.6 is 11.8 Å². The van der Waals surface area contributed by atoms with E-state index in [0.29, 0.717) is 18.4 Å². The molecule has 1 N–H and O–H groups in total. The third kappa shape index (κ3) is 4.75. The highest BCUT2D eigenvalue weighted by molar-refractivity contribution is 7.99. The zero-order chi connectivity index (χ0) is 21.3. The predicted octanol–water partition coefficient (Wildman–Crippen LogP) is 6.38. The first-order chi connectivity index (χ1) is 13.6. The normalized spacial score (nSPS) is 17.7. The van der Waals surface area contributed by atoms with Crippen molar-refractivity contribution in [2.24, 2.45) is 11.3 Å². The number of benzene rings is 1. The van der Waals surface area contributed by atoms with Crippen LogP contribution in [0, 0.1) is 39.0 Å². The molecule has 0 radical (unpaired) electrons. The number of hydrogen-bond donors (Lipinski definition) is 1. The van der Waals surface area contributed by atoms with Crippen molar-refractivity contribution >= 4 is 23.1 Å². The molecule has 4 heteroatoms. The fraction of sp³-hybridized carbons (Fsp3) is 0.440. The number of rotatable bonds is 5. The molecule has 0 aliphatic heterocycles. The van der Waals surface area contributed by atoms with Crippen LogP contribution in [-0.2, 0) is 4.79 Å². The van der Waals surface area contributed by atoms with E-state index >= 15 is 0 Å². The second-order valence-electron chi connectivity index (χ2n) is 9.07. The van der Waals surface area contributed by atoms with Gasteiger partial charge in [0.05, 0.1) is 10.6 Å². The summed E-state index contributed by atoms with van der Waals surface area (Å²) < 4.78 is 0. The van der Waals surface area contributed by atoms with Gasteiger partial charge in [0.25, 0.3) is 0 Å². The van der Waals surface area contributed by atoms with Crippen molar-refractivity contribution in [2.45, 2.75) is 59.4 Å². The summed E-state index contributed by atoms with van der Waals surface area (Å²) in [4.78, 5) is 17.6. The topological polar surface area (TPSA) is 50.2 Å². The molecule has 1 heterocycles. The van der Waals surface area contributed by atoms with Gasteiger partial charge in [-0.1, -0.05) is 37.6 Å². The first kappa shape index (κ1) is 21.6. The molecule has 0 amide bonds. The summed E-state index contributed by atoms with van der Waals surface area (Å²) in [6.45, 7) is 12.5. The number of allylic oxidation sites excluding steroid dienone is 2. The number of carbonyl (C=O) groups excluding carboxylic acids is 1. The van der Waals surface area contributed by atoms with Crippen LogP contribution in [0.25, 0.3) is 5.57 Å². The Morgan fingerprint density at radius 1 is 1.07 bits per heavy atom. The van der Waals surface area contributed by atoms with Gasteiger partial charge >= 0.3 is 0 Å². The SMILES string of the molecule is Cc1ccc(SCC(C)(C)C2CC(=O)C(c3c(C)cc(C)cc3C)=C(O)C2)nc1. The molecular formula is C25H31NO2S. The quantitative estimate of drug-likeness (QED) is 0.582. The number of pyridine rings is 1. The van der Waals surface area contributed by atoms with Crippen molar-refractivity contribution in [2.75, 3.05) is 5.75 Å². The highest BCUT2D eigenvalue weighted by Gasteiger charge is 2.38. The molecule has 1 atom stereocenters. The van der Waals surface area contributed by atoms with Crippen LogP contribution in [0.5, 0.6) is 0 Å². The molecule has 1 aromatic heterocycles. The summed E-state index contributed by atoms with van der Waals surface area (Å²) in [7, 11) is 0. The van der Waals surface area contributed by atoms with Crippen molar-refractivity contribution in [1.82, 2.24) is 4.98 Å². The van der Waals surface area contributed by atoms with Gasteiger partial charge in [-0.05, 0) is 67.3 Å². The Kier molecular flexibility index (Phi) is 6.23. The average molecular weight is 410 g/mol. The molecule has 0 fully saturated rings. The number of ketones is 1. The third-order valence-corrected chi connectivity index (χ3v) is 7.37. The number of aliphatic hydroxyl groups is 1. The van der Waals surface area contributed by atoms with Gasteiger partial charge in [0.2, 0.25) is 0 Å². The first-order valence-electron chi connectivity index (χ1n) is 10.2. The smallest absolute Gasteiger partial charge is 0.167 e. The molecule has 154 valence electrons. The van der Waals surface area contributed by atoms with E-state index in [1.165, 1.54) is 5.56 Å². The van der Waals surface area contributed by atoms with Gasteiger partial charge in [-0.25, -0.2) is 4.98 Å². The second kappa shape index (κ2) is 8.35. The Balaban J connectivity index is 1.81. The lowest BCUT2D eigenvalue weighted by Crippen LogP contribution is -2.33. The van der Waals surface area contributed by atoms with Gasteiger partial charge < -0.3 is 5.11 Å². The molecule has 0 saturated carbocycles. The van der Waals surface area contributed by atoms with E-state index in [2.05, 4.69) is 44.0 Å². The number of thioether (sulfide) groups is 1. The van der Waals surface area contributed by atoms with Crippen LogP contribution in [0.1, 0.15) is 54.5 Å². The fourth-order valence-corrected chi connectivity index (χ4v) is 5.27. The molecule has 2 aromatic rings. The molecular weight excluding hydrogens is 378 g/mol. The Morgan fingerprint density at radius 3 is 2.28 bits per heavy atom. The van der Waals surface area contributed by atoms with Gasteiger partial charge in [0.1, 0.15) is 5.76 Å². The predicted molar refractivity (Wildman–Crippen MR) is 121 cm³/mol. The van der Waals surface area contributed by atoms with Crippen molar-refractivity contribution in [3.8, 4) is 0 Å². The first-order valence-corrected chi connectivity index (χ1v) is 11.2. The van der Waals surface area contributed by atoms with Crippen LogP contribution in [0.2, 0.25) is 0 Å². The van der Waals surface area contributed by atoms with Crippen molar-refractivity contribution < 1.29 is 9.90 Å². The average Bonchev–Trinajstić information content (AvgIpc) is 2.62. The third-order valence-electron chi connectivity index (χ3n) is 5.95. The molecule has 0 saturated heterocycles. The lowest BCUT2D eigenvalue weighted by atomic mass is 9.70. The largest absolute Gasteiger partial charge is 0.512 e. The van der Waals surface area contributed by atoms with E-state index in [-0.39, 0.29) is 22.9 Å². The number of Topliss-reactive ketones (excluding diaryl/α,β-unsaturated/α-hetero) is 1. The Labute approximate surface area is 178 Å². The minimum Gasteiger partial charge on any atom is -0.512 e. The minimum absolute atomic E-state index is 0.0559. The number of aliphatic hydroxyl groups excluding tert-OH is 1. The van der Waals surface area contributed by atoms with Gasteiger partial charge in [0, 0.05) is 24.8 Å². The zero-order valence-electron chi connectivity index (χ0n) is 18.3. The molecule has 1 aliphatic carbocycles. The molecule has 29 heavy (non-hydrogen) atoms. The number of carbonyl (C=O) groups is 1. The number of aryl methyl sites for hydroxylation is 4. The van der Waals surface area contributed by atoms with Crippen molar-refractivity contribution in [1.29, 1.82) is 0 Å². The standard InChI is InChI=1S/C25H31NO2S/c1-15-7-8-22(26-13-15)29-14-25(5,6)19-11-20(27)24(21(28)12-19)23-17(3)9-16(2)10-18(23)4/h7-10,13,19,27H,11-12,14H2,1-6H3. The molecule has 0 bridgehead atoms. The summed E-state index contributed by atoms with van der Waals surface area (Å²) >= 11 is 1.72. The lowest BCUT2D eigenvalue weighted by molar-refractivity contribution is -0.116. The van der Waals surface area contributed by atoms with Crippen LogP contribution in [0.3, 0.4) is 0 Å². The summed E-state index contributed by atoms with van der Waals surface area (Å²) in [5.74, 6) is 1.27. The van der Waals surface area contributed by atoms with E-state index in [1.807, 2.05) is 33.0 Å². The molecule has 1 aromatic carbocycles. The molecule has 1 unspecified atom stereocenters. The van der Waals surface area contributed by atoms with Gasteiger partial charge in [-0.15, -0.1) is 11.8 Å². The van der Waals surface area contributed by atoms with Crippen LogP contribution < -0.4 is 0 Å². The Hall–Kier alpha value is -2.07. The van der Waals surface area contributed by atoms with Crippen molar-refractivity contribution in [3.63, 3.8) is 0 Å². The minimum atomic E-state index is -0.0935. The number of hydrogen-bond acceptors (Lipinski definition) is 4. The van der Waals surface area contributed by atoms with E-state index < -0.39 is 0 Å². The molecule has 0 spiro atoms. The Morgan fingerprint density at radius 2 is 1.72 bits per heavy atom. The molecule has 3 rings (SSSR count). The lowest BCUT2D eigenvalue weighted by Gasteiger charge is -2.37. The van der Waals surface area contributed by atoms with Gasteiger partial charge in [-0.2, -0.15) is 0 Å². The Bertz CT molecular complexity index is 934. The summed E-state index contributed by atoms with van der Waals surface area (Å²) in [5.41, 5.74) is 5.77. The van der Waals surface area contributed by atoms with E-state index in [0.717, 1.165) is 33.0 Å². The summed E-state index contributed by atoms with van der Waals surface area (Å²) in [5, 5.41) is 11.9. The van der Waals surface area contributed by atoms with Crippen LogP contribution in [0.4, 0.5) is 0 Å². The monoisotopic (exact) mass is 409 g/mol. The van der Waals surface area contributed by atoms with Gasteiger partial charge in [-0.3, -0.25) is 4.79 Å².